The summed E-state index contributed by atoms with van der Waals surface area (Å²) in [6.07, 6.45) is 4.69. The monoisotopic (exact) mass is 358 g/mol. The standard InChI is InChI=1S/C15H17BrF2N2O/c16-11-6-13(18)14(7-12(11)17)20-15(21)5-8-3-9-1-2-10(4-8)19-9/h6-10,19H,1-5H2,(H,20,21). The van der Waals surface area contributed by atoms with E-state index in [0.717, 1.165) is 25.0 Å². The Morgan fingerprint density at radius 3 is 2.57 bits per heavy atom. The second-order valence-corrected chi connectivity index (χ2v) is 6.83. The summed E-state index contributed by atoms with van der Waals surface area (Å²) in [7, 11) is 0. The van der Waals surface area contributed by atoms with Crippen molar-refractivity contribution in [3.8, 4) is 0 Å². The van der Waals surface area contributed by atoms with Gasteiger partial charge in [-0.3, -0.25) is 4.79 Å². The highest BCUT2D eigenvalue weighted by atomic mass is 79.9. The van der Waals surface area contributed by atoms with Crippen molar-refractivity contribution in [3.05, 3.63) is 28.2 Å². The Kier molecular flexibility index (Phi) is 4.26. The highest BCUT2D eigenvalue weighted by molar-refractivity contribution is 9.10. The number of benzene rings is 1. The molecule has 6 heteroatoms. The molecule has 3 rings (SSSR count). The zero-order chi connectivity index (χ0) is 15.0. The lowest BCUT2D eigenvalue weighted by molar-refractivity contribution is -0.117. The molecule has 0 spiro atoms. The Morgan fingerprint density at radius 2 is 1.90 bits per heavy atom. The summed E-state index contributed by atoms with van der Waals surface area (Å²) in [6.45, 7) is 0. The van der Waals surface area contributed by atoms with Crippen LogP contribution in [0.3, 0.4) is 0 Å². The second kappa shape index (κ2) is 6.01. The van der Waals surface area contributed by atoms with E-state index in [1.54, 1.807) is 0 Å². The zero-order valence-corrected chi connectivity index (χ0v) is 13.1. The summed E-state index contributed by atoms with van der Waals surface area (Å²) in [5.74, 6) is -1.15. The Labute approximate surface area is 130 Å². The fourth-order valence-corrected chi connectivity index (χ4v) is 3.74. The van der Waals surface area contributed by atoms with Crippen molar-refractivity contribution in [1.82, 2.24) is 5.32 Å². The van der Waals surface area contributed by atoms with Gasteiger partial charge >= 0.3 is 0 Å². The maximum atomic E-state index is 13.7. The molecule has 0 saturated carbocycles. The first-order valence-electron chi connectivity index (χ1n) is 7.21. The SMILES string of the molecule is O=C(CC1CC2CCC(C1)N2)Nc1cc(F)c(Br)cc1F. The van der Waals surface area contributed by atoms with Crippen molar-refractivity contribution < 1.29 is 13.6 Å². The molecule has 2 atom stereocenters. The molecule has 1 amide bonds. The molecule has 2 heterocycles. The van der Waals surface area contributed by atoms with Gasteiger partial charge in [-0.2, -0.15) is 0 Å². The van der Waals surface area contributed by atoms with Crippen LogP contribution >= 0.6 is 15.9 Å². The van der Waals surface area contributed by atoms with Crippen molar-refractivity contribution in [2.75, 3.05) is 5.32 Å². The van der Waals surface area contributed by atoms with Crippen LogP contribution in [-0.2, 0) is 4.79 Å². The fraction of sp³-hybridized carbons (Fsp3) is 0.533. The molecule has 2 aliphatic heterocycles. The van der Waals surface area contributed by atoms with Crippen molar-refractivity contribution in [2.24, 2.45) is 5.92 Å². The molecule has 0 radical (unpaired) electrons. The summed E-state index contributed by atoms with van der Waals surface area (Å²) < 4.78 is 27.1. The molecule has 114 valence electrons. The van der Waals surface area contributed by atoms with Crippen LogP contribution in [0.4, 0.5) is 14.5 Å². The summed E-state index contributed by atoms with van der Waals surface area (Å²) in [5, 5.41) is 6.00. The van der Waals surface area contributed by atoms with Crippen molar-refractivity contribution in [1.29, 1.82) is 0 Å². The van der Waals surface area contributed by atoms with Gasteiger partial charge in [0.25, 0.3) is 0 Å². The minimum atomic E-state index is -0.637. The van der Waals surface area contributed by atoms with E-state index in [2.05, 4.69) is 26.6 Å². The molecule has 1 aromatic rings. The largest absolute Gasteiger partial charge is 0.324 e. The number of anilines is 1. The number of carbonyl (C=O) groups excluding carboxylic acids is 1. The van der Waals surface area contributed by atoms with Gasteiger partial charge in [-0.1, -0.05) is 0 Å². The maximum absolute atomic E-state index is 13.7. The van der Waals surface area contributed by atoms with Crippen LogP contribution in [0.2, 0.25) is 0 Å². The van der Waals surface area contributed by atoms with Gasteiger partial charge in [-0.05, 0) is 53.6 Å². The quantitative estimate of drug-likeness (QED) is 0.810. The molecule has 2 saturated heterocycles. The van der Waals surface area contributed by atoms with Crippen LogP contribution in [0.1, 0.15) is 32.1 Å². The topological polar surface area (TPSA) is 41.1 Å². The first kappa shape index (κ1) is 14.9. The first-order chi connectivity index (χ1) is 10.0. The van der Waals surface area contributed by atoms with E-state index >= 15 is 0 Å². The normalized spacial score (nSPS) is 27.7. The van der Waals surface area contributed by atoms with Gasteiger partial charge < -0.3 is 10.6 Å². The average Bonchev–Trinajstić information content (AvgIpc) is 2.75. The number of rotatable bonds is 3. The van der Waals surface area contributed by atoms with E-state index in [1.165, 1.54) is 12.8 Å². The average molecular weight is 359 g/mol. The highest BCUT2D eigenvalue weighted by Crippen LogP contribution is 2.33. The number of fused-ring (bicyclic) bond motifs is 2. The third-order valence-electron chi connectivity index (χ3n) is 4.33. The van der Waals surface area contributed by atoms with Gasteiger partial charge in [0.1, 0.15) is 11.6 Å². The molecule has 2 aliphatic rings. The van der Waals surface area contributed by atoms with E-state index < -0.39 is 11.6 Å². The summed E-state index contributed by atoms with van der Waals surface area (Å²) >= 11 is 2.91. The molecule has 1 aromatic carbocycles. The van der Waals surface area contributed by atoms with Crippen LogP contribution in [0.5, 0.6) is 0 Å². The summed E-state index contributed by atoms with van der Waals surface area (Å²) in [6, 6.07) is 3.06. The molecule has 2 fully saturated rings. The lowest BCUT2D eigenvalue weighted by Gasteiger charge is -2.28. The Hall–Kier alpha value is -1.01. The Bertz CT molecular complexity index is 555. The smallest absolute Gasteiger partial charge is 0.224 e. The molecule has 2 bridgehead atoms. The van der Waals surface area contributed by atoms with Gasteiger partial charge in [0, 0.05) is 24.6 Å². The van der Waals surface area contributed by atoms with Crippen LogP contribution in [0.15, 0.2) is 16.6 Å². The number of piperidine rings is 1. The van der Waals surface area contributed by atoms with Crippen LogP contribution in [-0.4, -0.2) is 18.0 Å². The number of hydrogen-bond donors (Lipinski definition) is 2. The minimum Gasteiger partial charge on any atom is -0.324 e. The third-order valence-corrected chi connectivity index (χ3v) is 4.94. The van der Waals surface area contributed by atoms with Gasteiger partial charge in [0.05, 0.1) is 10.2 Å². The summed E-state index contributed by atoms with van der Waals surface area (Å²) in [5.41, 5.74) is -0.0994. The van der Waals surface area contributed by atoms with E-state index in [4.69, 9.17) is 0 Å². The van der Waals surface area contributed by atoms with E-state index in [0.29, 0.717) is 24.4 Å². The van der Waals surface area contributed by atoms with E-state index in [-0.39, 0.29) is 16.1 Å². The summed E-state index contributed by atoms with van der Waals surface area (Å²) in [4.78, 5) is 12.0. The van der Waals surface area contributed by atoms with Gasteiger partial charge in [-0.25, -0.2) is 8.78 Å². The molecular weight excluding hydrogens is 342 g/mol. The molecule has 21 heavy (non-hydrogen) atoms. The fourth-order valence-electron chi connectivity index (χ4n) is 3.42. The van der Waals surface area contributed by atoms with Crippen molar-refractivity contribution in [2.45, 2.75) is 44.2 Å². The molecule has 0 aromatic heterocycles. The second-order valence-electron chi connectivity index (χ2n) is 5.97. The van der Waals surface area contributed by atoms with Crippen molar-refractivity contribution in [3.63, 3.8) is 0 Å². The van der Waals surface area contributed by atoms with E-state index in [9.17, 15) is 13.6 Å². The van der Waals surface area contributed by atoms with Gasteiger partial charge in [0.2, 0.25) is 5.91 Å². The minimum absolute atomic E-state index is 0.0490. The number of hydrogen-bond acceptors (Lipinski definition) is 2. The number of nitrogens with one attached hydrogen (secondary N) is 2. The van der Waals surface area contributed by atoms with Crippen LogP contribution in [0.25, 0.3) is 0 Å². The van der Waals surface area contributed by atoms with Gasteiger partial charge in [-0.15, -0.1) is 0 Å². The lowest BCUT2D eigenvalue weighted by Crippen LogP contribution is -2.39. The predicted molar refractivity (Wildman–Crippen MR) is 80.0 cm³/mol. The number of amides is 1. The number of halogens is 3. The highest BCUT2D eigenvalue weighted by Gasteiger charge is 2.34. The van der Waals surface area contributed by atoms with Crippen molar-refractivity contribution >= 4 is 27.5 Å². The molecule has 3 nitrogen and oxygen atoms in total. The number of carbonyl (C=O) groups is 1. The third kappa shape index (κ3) is 3.43. The predicted octanol–water partition coefficient (Wildman–Crippen LogP) is 3.59. The first-order valence-corrected chi connectivity index (χ1v) is 8.01. The zero-order valence-electron chi connectivity index (χ0n) is 11.5. The Balaban J connectivity index is 1.60. The lowest BCUT2D eigenvalue weighted by atomic mass is 9.89. The Morgan fingerprint density at radius 1 is 1.24 bits per heavy atom. The van der Waals surface area contributed by atoms with Crippen LogP contribution < -0.4 is 10.6 Å². The molecular formula is C15H17BrF2N2O. The molecule has 0 aliphatic carbocycles. The van der Waals surface area contributed by atoms with Crippen LogP contribution in [0, 0.1) is 17.6 Å². The maximum Gasteiger partial charge on any atom is 0.224 e. The van der Waals surface area contributed by atoms with E-state index in [1.807, 2.05) is 0 Å². The molecule has 2 N–H and O–H groups in total. The van der Waals surface area contributed by atoms with Gasteiger partial charge in [0.15, 0.2) is 0 Å². The molecule has 2 unspecified atom stereocenters.